The molecule has 4 atom stereocenters. The Hall–Kier alpha value is -4.09. The highest BCUT2D eigenvalue weighted by atomic mass is 32.2. The highest BCUT2D eigenvalue weighted by Crippen LogP contribution is 2.52. The van der Waals surface area contributed by atoms with Gasteiger partial charge in [-0.25, -0.2) is 9.59 Å². The van der Waals surface area contributed by atoms with Gasteiger partial charge in [0.25, 0.3) is 5.91 Å². The van der Waals surface area contributed by atoms with E-state index in [1.165, 1.54) is 21.9 Å². The van der Waals surface area contributed by atoms with Crippen molar-refractivity contribution in [3.05, 3.63) is 35.4 Å². The first-order valence-electron chi connectivity index (χ1n) is 17.4. The molecular formula is C34H49F3N8O6S. The Morgan fingerprint density at radius 3 is 2.23 bits per heavy atom. The molecule has 14 nitrogen and oxygen atoms in total. The predicted molar refractivity (Wildman–Crippen MR) is 188 cm³/mol. The first kappa shape index (κ1) is 40.7. The van der Waals surface area contributed by atoms with Crippen LogP contribution in [-0.4, -0.2) is 124 Å². The molecule has 3 aliphatic heterocycles. The molecule has 0 saturated carbocycles. The van der Waals surface area contributed by atoms with E-state index in [1.807, 2.05) is 11.8 Å². The third kappa shape index (κ3) is 10.1. The number of fused-ring (bicyclic) bond motifs is 1. The van der Waals surface area contributed by atoms with Crippen LogP contribution in [0.5, 0.6) is 0 Å². The van der Waals surface area contributed by atoms with Crippen molar-refractivity contribution in [1.82, 2.24) is 30.7 Å². The first-order valence-corrected chi connectivity index (χ1v) is 18.5. The molecule has 0 bridgehead atoms. The number of urea groups is 1. The number of rotatable bonds is 17. The molecule has 0 spiro atoms. The van der Waals surface area contributed by atoms with Gasteiger partial charge in [-0.3, -0.25) is 14.4 Å². The van der Waals surface area contributed by atoms with Gasteiger partial charge in [0.05, 0.1) is 12.1 Å². The van der Waals surface area contributed by atoms with E-state index in [4.69, 9.17) is 0 Å². The number of likely N-dealkylation sites (N-methyl/N-ethyl adjacent to an activating group) is 2. The maximum atomic E-state index is 13.6. The van der Waals surface area contributed by atoms with Gasteiger partial charge in [-0.2, -0.15) is 24.9 Å². The van der Waals surface area contributed by atoms with Gasteiger partial charge < -0.3 is 35.8 Å². The Labute approximate surface area is 305 Å². The minimum atomic E-state index is -4.71. The molecule has 3 aliphatic rings. The van der Waals surface area contributed by atoms with E-state index >= 15 is 0 Å². The Balaban J connectivity index is 1.30. The maximum Gasteiger partial charge on any atom is 0.442 e. The fraction of sp³-hybridized carbons (Fsp3) is 0.676. The summed E-state index contributed by atoms with van der Waals surface area (Å²) in [4.78, 5) is 67.4. The third-order valence-electron chi connectivity index (χ3n) is 9.65. The molecule has 1 aromatic rings. The number of benzene rings is 1. The van der Waals surface area contributed by atoms with Gasteiger partial charge in [-0.1, -0.05) is 18.6 Å². The summed E-state index contributed by atoms with van der Waals surface area (Å²) in [5.74, 6) is -0.289. The average Bonchev–Trinajstić information content (AvgIpc) is 3.71. The van der Waals surface area contributed by atoms with Gasteiger partial charge in [0.15, 0.2) is 0 Å². The van der Waals surface area contributed by atoms with E-state index in [0.717, 1.165) is 30.7 Å². The highest BCUT2D eigenvalue weighted by Gasteiger charge is 2.65. The quantitative estimate of drug-likeness (QED) is 0.133. The number of hydrogen-bond acceptors (Lipinski definition) is 8. The molecule has 4 N–H and O–H groups in total. The Morgan fingerprint density at radius 2 is 1.63 bits per heavy atom. The van der Waals surface area contributed by atoms with Crippen LogP contribution in [0.4, 0.5) is 22.8 Å². The van der Waals surface area contributed by atoms with Crippen LogP contribution in [-0.2, 0) is 15.3 Å². The van der Waals surface area contributed by atoms with Crippen molar-refractivity contribution in [1.29, 1.82) is 0 Å². The molecule has 0 aliphatic carbocycles. The molecule has 6 amide bonds. The van der Waals surface area contributed by atoms with Crippen LogP contribution >= 0.6 is 11.8 Å². The second-order valence-corrected chi connectivity index (χ2v) is 15.8. The number of unbranched alkanes of at least 4 members (excludes halogenated alkanes) is 2. The SMILES string of the molecule is CN(CCN(C)C(=O)[C@H](CCCCN(C(=O)O)C(C)(C)C)NC(=O)c1ccc(C2(C(F)(F)F)N=N2)cc1)C(=O)CCCC[C@@H]1SC[C@@H]2NC(=O)N[C@@H]21. The largest absolute Gasteiger partial charge is 0.465 e. The standard InChI is InChI=1S/C34H49F3N8O6S/c1-32(2,3)45(31(50)51)17-9-8-10-23(38-28(47)21-13-15-22(16-14-21)33(41-42-33)34(35,36)37)29(48)44(5)19-18-43(4)26(46)12-7-6-11-25-27-24(20-52-25)39-30(49)40-27/h13-16,23-25,27H,6-12,17-20H2,1-5H3,(H,38,47)(H,50,51)(H2,39,40,49)/t23-,24-,25-,27-/m0/s1. The summed E-state index contributed by atoms with van der Waals surface area (Å²) in [5, 5.41) is 24.9. The highest BCUT2D eigenvalue weighted by molar-refractivity contribution is 8.00. The number of nitrogens with zero attached hydrogens (tertiary/aromatic N) is 5. The zero-order valence-corrected chi connectivity index (χ0v) is 31.0. The number of amides is 6. The lowest BCUT2D eigenvalue weighted by Gasteiger charge is -2.33. The lowest BCUT2D eigenvalue weighted by Crippen LogP contribution is -2.49. The van der Waals surface area contributed by atoms with Gasteiger partial charge >= 0.3 is 24.0 Å². The summed E-state index contributed by atoms with van der Waals surface area (Å²) in [6, 6.07) is 3.81. The van der Waals surface area contributed by atoms with E-state index in [1.54, 1.807) is 39.8 Å². The number of nitrogens with one attached hydrogen (secondary N) is 3. The van der Waals surface area contributed by atoms with E-state index < -0.39 is 41.3 Å². The zero-order valence-electron chi connectivity index (χ0n) is 30.2. The molecular weight excluding hydrogens is 705 g/mol. The van der Waals surface area contributed by atoms with Crippen molar-refractivity contribution in [3.8, 4) is 0 Å². The Morgan fingerprint density at radius 1 is 0.981 bits per heavy atom. The normalized spacial score (nSPS) is 20.7. The molecule has 4 rings (SSSR count). The minimum Gasteiger partial charge on any atom is -0.465 e. The summed E-state index contributed by atoms with van der Waals surface area (Å²) in [6.45, 7) is 5.97. The van der Waals surface area contributed by atoms with Crippen molar-refractivity contribution in [2.24, 2.45) is 10.2 Å². The van der Waals surface area contributed by atoms with E-state index in [9.17, 15) is 42.3 Å². The van der Waals surface area contributed by atoms with Gasteiger partial charge in [0, 0.05) is 67.8 Å². The van der Waals surface area contributed by atoms with Gasteiger partial charge in [-0.05, 0) is 65.0 Å². The van der Waals surface area contributed by atoms with Crippen molar-refractivity contribution < 1.29 is 42.3 Å². The number of alkyl halides is 3. The second-order valence-electron chi connectivity index (χ2n) is 14.5. The predicted octanol–water partition coefficient (Wildman–Crippen LogP) is 4.56. The van der Waals surface area contributed by atoms with Gasteiger partial charge in [0.1, 0.15) is 6.04 Å². The number of carbonyl (C=O) groups is 5. The lowest BCUT2D eigenvalue weighted by atomic mass is 10.0. The average molecular weight is 755 g/mol. The molecule has 18 heteroatoms. The summed E-state index contributed by atoms with van der Waals surface area (Å²) in [5.41, 5.74) is -3.46. The minimum absolute atomic E-state index is 0.0355. The molecule has 1 aromatic carbocycles. The van der Waals surface area contributed by atoms with Crippen LogP contribution in [0.3, 0.4) is 0 Å². The second kappa shape index (κ2) is 16.7. The third-order valence-corrected chi connectivity index (χ3v) is 11.2. The molecule has 2 fully saturated rings. The van der Waals surface area contributed by atoms with E-state index in [0.29, 0.717) is 30.9 Å². The van der Waals surface area contributed by atoms with Gasteiger partial charge in [-0.15, -0.1) is 10.2 Å². The van der Waals surface area contributed by atoms with Gasteiger partial charge in [0.2, 0.25) is 11.8 Å². The summed E-state index contributed by atoms with van der Waals surface area (Å²) in [7, 11) is 3.22. The van der Waals surface area contributed by atoms with Crippen LogP contribution in [0.15, 0.2) is 34.5 Å². The molecule has 2 saturated heterocycles. The van der Waals surface area contributed by atoms with Crippen LogP contribution in [0.1, 0.15) is 81.6 Å². The molecule has 0 radical (unpaired) electrons. The van der Waals surface area contributed by atoms with E-state index in [2.05, 4.69) is 26.2 Å². The summed E-state index contributed by atoms with van der Waals surface area (Å²) in [6.07, 6.45) is -2.04. The van der Waals surface area contributed by atoms with Crippen molar-refractivity contribution >= 4 is 41.6 Å². The monoisotopic (exact) mass is 754 g/mol. The van der Waals surface area contributed by atoms with Crippen LogP contribution in [0, 0.1) is 0 Å². The number of carboxylic acid groups (broad SMARTS) is 1. The molecule has 0 aromatic heterocycles. The summed E-state index contributed by atoms with van der Waals surface area (Å²) >= 11 is 1.83. The number of halogens is 3. The smallest absolute Gasteiger partial charge is 0.442 e. The maximum absolute atomic E-state index is 13.6. The number of thioether (sulfide) groups is 1. The molecule has 3 heterocycles. The number of hydrogen-bond donors (Lipinski definition) is 4. The molecule has 52 heavy (non-hydrogen) atoms. The fourth-order valence-corrected chi connectivity index (χ4v) is 7.93. The zero-order chi connectivity index (χ0) is 38.4. The van der Waals surface area contributed by atoms with Crippen LogP contribution in [0.25, 0.3) is 0 Å². The van der Waals surface area contributed by atoms with E-state index in [-0.39, 0.29) is 61.2 Å². The topological polar surface area (TPSA) is 176 Å². The van der Waals surface area contributed by atoms with Crippen molar-refractivity contribution in [2.75, 3.05) is 39.5 Å². The van der Waals surface area contributed by atoms with Crippen molar-refractivity contribution in [3.63, 3.8) is 0 Å². The Bertz CT molecular complexity index is 1500. The fourth-order valence-electron chi connectivity index (χ4n) is 6.39. The first-order chi connectivity index (χ1) is 24.3. The summed E-state index contributed by atoms with van der Waals surface area (Å²) < 4.78 is 40.3. The molecule has 0 unspecified atom stereocenters. The number of carbonyl (C=O) groups excluding carboxylic acids is 4. The molecule has 288 valence electrons. The van der Waals surface area contributed by atoms with Crippen molar-refractivity contribution in [2.45, 2.75) is 106 Å². The Kier molecular flexibility index (Phi) is 13.1. The lowest BCUT2D eigenvalue weighted by molar-refractivity contribution is -0.166. The van der Waals surface area contributed by atoms with Crippen LogP contribution in [0.2, 0.25) is 0 Å². The van der Waals surface area contributed by atoms with Crippen LogP contribution < -0.4 is 16.0 Å².